The van der Waals surface area contributed by atoms with Crippen molar-refractivity contribution in [2.24, 2.45) is 0 Å². The molecule has 0 aromatic heterocycles. The zero-order valence-electron chi connectivity index (χ0n) is 13.2. The normalized spacial score (nSPS) is 13.3. The van der Waals surface area contributed by atoms with Gasteiger partial charge in [0.15, 0.2) is 11.5 Å². The summed E-state index contributed by atoms with van der Waals surface area (Å²) in [5, 5.41) is 9.53. The molecule has 7 nitrogen and oxygen atoms in total. The predicted octanol–water partition coefficient (Wildman–Crippen LogP) is 3.04. The largest absolute Gasteiger partial charge is 0.486 e. The molecule has 1 aliphatic heterocycles. The van der Waals surface area contributed by atoms with E-state index in [1.165, 1.54) is 36.4 Å². The van der Waals surface area contributed by atoms with E-state index in [9.17, 15) is 13.2 Å². The number of ether oxygens (including phenoxy) is 2. The van der Waals surface area contributed by atoms with Gasteiger partial charge in [0, 0.05) is 16.1 Å². The Bertz CT molecular complexity index is 943. The molecule has 0 saturated heterocycles. The number of rotatable bonds is 5. The number of carboxylic acids is 1. The van der Waals surface area contributed by atoms with Crippen LogP contribution in [0.3, 0.4) is 0 Å². The lowest BCUT2D eigenvalue weighted by atomic mass is 10.3. The third-order valence-corrected chi connectivity index (χ3v) is 5.72. The van der Waals surface area contributed by atoms with Gasteiger partial charge in [-0.1, -0.05) is 23.2 Å². The van der Waals surface area contributed by atoms with Crippen molar-refractivity contribution in [2.75, 3.05) is 24.1 Å². The van der Waals surface area contributed by atoms with Gasteiger partial charge >= 0.3 is 5.97 Å². The van der Waals surface area contributed by atoms with Crippen LogP contribution in [-0.2, 0) is 14.8 Å². The quantitative estimate of drug-likeness (QED) is 0.803. The van der Waals surface area contributed by atoms with Gasteiger partial charge in [0.2, 0.25) is 0 Å². The molecule has 2 aromatic rings. The fourth-order valence-electron chi connectivity index (χ4n) is 2.43. The lowest BCUT2D eigenvalue weighted by Crippen LogP contribution is -2.35. The van der Waals surface area contributed by atoms with Gasteiger partial charge in [-0.3, -0.25) is 9.10 Å². The molecular weight excluding hydrogens is 405 g/mol. The minimum absolute atomic E-state index is 0.0415. The summed E-state index contributed by atoms with van der Waals surface area (Å²) in [5.74, 6) is -0.635. The Morgan fingerprint density at radius 2 is 1.65 bits per heavy atom. The Morgan fingerprint density at radius 3 is 2.27 bits per heavy atom. The number of halogens is 2. The lowest BCUT2D eigenvalue weighted by molar-refractivity contribution is -0.135. The number of fused-ring (bicyclic) bond motifs is 1. The highest BCUT2D eigenvalue weighted by molar-refractivity contribution is 7.92. The van der Waals surface area contributed by atoms with Crippen molar-refractivity contribution in [1.29, 1.82) is 0 Å². The van der Waals surface area contributed by atoms with Crippen LogP contribution in [0.1, 0.15) is 0 Å². The fourth-order valence-corrected chi connectivity index (χ4v) is 4.36. The van der Waals surface area contributed by atoms with Crippen molar-refractivity contribution < 1.29 is 27.8 Å². The third-order valence-electron chi connectivity index (χ3n) is 3.52. The van der Waals surface area contributed by atoms with Gasteiger partial charge in [0.05, 0.1) is 10.6 Å². The first-order valence-corrected chi connectivity index (χ1v) is 9.57. The SMILES string of the molecule is O=C(O)CN(c1cc(Cl)cc(Cl)c1)S(=O)(=O)c1ccc2c(c1)OCCO2. The molecule has 3 rings (SSSR count). The van der Waals surface area contributed by atoms with E-state index >= 15 is 0 Å². The van der Waals surface area contributed by atoms with E-state index in [-0.39, 0.29) is 26.4 Å². The zero-order chi connectivity index (χ0) is 18.9. The monoisotopic (exact) mass is 417 g/mol. The first kappa shape index (κ1) is 18.6. The van der Waals surface area contributed by atoms with Crippen LogP contribution in [0.25, 0.3) is 0 Å². The van der Waals surface area contributed by atoms with Crippen LogP contribution >= 0.6 is 23.2 Å². The highest BCUT2D eigenvalue weighted by Gasteiger charge is 2.29. The predicted molar refractivity (Wildman–Crippen MR) is 96.1 cm³/mol. The highest BCUT2D eigenvalue weighted by Crippen LogP contribution is 2.35. The van der Waals surface area contributed by atoms with Gasteiger partial charge in [-0.15, -0.1) is 0 Å². The Morgan fingerprint density at radius 1 is 1.04 bits per heavy atom. The van der Waals surface area contributed by atoms with Gasteiger partial charge in [0.1, 0.15) is 19.8 Å². The van der Waals surface area contributed by atoms with Crippen LogP contribution in [0.2, 0.25) is 10.0 Å². The number of sulfonamides is 1. The maximum absolute atomic E-state index is 13.1. The topological polar surface area (TPSA) is 93.1 Å². The van der Waals surface area contributed by atoms with Crippen molar-refractivity contribution in [2.45, 2.75) is 4.90 Å². The smallest absolute Gasteiger partial charge is 0.324 e. The molecule has 0 amide bonds. The molecule has 0 atom stereocenters. The summed E-state index contributed by atoms with van der Waals surface area (Å²) in [5.41, 5.74) is 0.0415. The van der Waals surface area contributed by atoms with Gasteiger partial charge in [-0.2, -0.15) is 0 Å². The molecule has 0 aliphatic carbocycles. The average Bonchev–Trinajstić information content (AvgIpc) is 2.58. The Kier molecular flexibility index (Phi) is 5.17. The first-order valence-electron chi connectivity index (χ1n) is 7.37. The fraction of sp³-hybridized carbons (Fsp3) is 0.188. The molecule has 0 unspecified atom stereocenters. The van der Waals surface area contributed by atoms with E-state index in [1.807, 2.05) is 0 Å². The summed E-state index contributed by atoms with van der Waals surface area (Å²) >= 11 is 11.9. The number of carbonyl (C=O) groups is 1. The Labute approximate surface area is 159 Å². The van der Waals surface area contributed by atoms with E-state index < -0.39 is 22.5 Å². The van der Waals surface area contributed by atoms with E-state index in [0.29, 0.717) is 19.0 Å². The number of benzene rings is 2. The van der Waals surface area contributed by atoms with Crippen LogP contribution < -0.4 is 13.8 Å². The molecule has 26 heavy (non-hydrogen) atoms. The third kappa shape index (κ3) is 3.82. The van der Waals surface area contributed by atoms with Crippen molar-refractivity contribution in [3.63, 3.8) is 0 Å². The maximum Gasteiger partial charge on any atom is 0.324 e. The molecule has 10 heteroatoms. The standard InChI is InChI=1S/C16H13Cl2NO6S/c17-10-5-11(18)7-12(6-10)19(9-16(20)21)26(22,23)13-1-2-14-15(8-13)25-4-3-24-14/h1-2,5-8H,3-4,9H2,(H,20,21). The summed E-state index contributed by atoms with van der Waals surface area (Å²) in [6.07, 6.45) is 0. The van der Waals surface area contributed by atoms with Crippen molar-refractivity contribution in [1.82, 2.24) is 0 Å². The molecular formula is C16H13Cl2NO6S. The van der Waals surface area contributed by atoms with Crippen LogP contribution in [0.4, 0.5) is 5.69 Å². The van der Waals surface area contributed by atoms with Crippen molar-refractivity contribution in [3.8, 4) is 11.5 Å². The molecule has 0 radical (unpaired) electrons. The maximum atomic E-state index is 13.1. The van der Waals surface area contributed by atoms with E-state index in [1.54, 1.807) is 0 Å². The molecule has 1 N–H and O–H groups in total. The van der Waals surface area contributed by atoms with Gasteiger partial charge in [0.25, 0.3) is 10.0 Å². The van der Waals surface area contributed by atoms with Gasteiger partial charge in [-0.05, 0) is 30.3 Å². The number of aliphatic carboxylic acids is 1. The molecule has 1 heterocycles. The highest BCUT2D eigenvalue weighted by atomic mass is 35.5. The average molecular weight is 418 g/mol. The molecule has 2 aromatic carbocycles. The summed E-state index contributed by atoms with van der Waals surface area (Å²) < 4.78 is 37.6. The zero-order valence-corrected chi connectivity index (χ0v) is 15.5. The summed E-state index contributed by atoms with van der Waals surface area (Å²) in [6.45, 7) is -0.141. The molecule has 0 spiro atoms. The summed E-state index contributed by atoms with van der Waals surface area (Å²) in [6, 6.07) is 8.15. The van der Waals surface area contributed by atoms with Gasteiger partial charge in [-0.25, -0.2) is 8.42 Å². The van der Waals surface area contributed by atoms with Crippen molar-refractivity contribution >= 4 is 44.9 Å². The number of anilines is 1. The Hall–Kier alpha value is -2.16. The van der Waals surface area contributed by atoms with E-state index in [4.69, 9.17) is 37.8 Å². The molecule has 0 fully saturated rings. The van der Waals surface area contributed by atoms with E-state index in [2.05, 4.69) is 0 Å². The minimum atomic E-state index is -4.22. The molecule has 1 aliphatic rings. The molecule has 0 bridgehead atoms. The van der Waals surface area contributed by atoms with E-state index in [0.717, 1.165) is 4.31 Å². The number of nitrogens with zero attached hydrogens (tertiary/aromatic N) is 1. The second kappa shape index (κ2) is 7.22. The number of hydrogen-bond acceptors (Lipinski definition) is 5. The Balaban J connectivity index is 2.08. The van der Waals surface area contributed by atoms with Gasteiger partial charge < -0.3 is 14.6 Å². The number of hydrogen-bond donors (Lipinski definition) is 1. The summed E-state index contributed by atoms with van der Waals surface area (Å²) in [4.78, 5) is 11.1. The van der Waals surface area contributed by atoms with Crippen LogP contribution in [0.5, 0.6) is 11.5 Å². The summed E-state index contributed by atoms with van der Waals surface area (Å²) in [7, 11) is -4.22. The van der Waals surface area contributed by atoms with Crippen LogP contribution in [0.15, 0.2) is 41.3 Å². The van der Waals surface area contributed by atoms with Crippen molar-refractivity contribution in [3.05, 3.63) is 46.4 Å². The second-order valence-corrected chi connectivity index (χ2v) is 8.07. The van der Waals surface area contributed by atoms with Crippen LogP contribution in [0, 0.1) is 0 Å². The minimum Gasteiger partial charge on any atom is -0.486 e. The molecule has 0 saturated carbocycles. The molecule has 138 valence electrons. The van der Waals surface area contributed by atoms with Crippen LogP contribution in [-0.4, -0.2) is 39.3 Å². The second-order valence-electron chi connectivity index (χ2n) is 5.34. The lowest BCUT2D eigenvalue weighted by Gasteiger charge is -2.24. The number of carboxylic acid groups (broad SMARTS) is 1. The first-order chi connectivity index (χ1) is 12.3.